The Kier molecular flexibility index (Phi) is 25.4. The van der Waals surface area contributed by atoms with E-state index >= 15 is 0 Å². The first-order valence-electron chi connectivity index (χ1n) is 29.3. The van der Waals surface area contributed by atoms with E-state index in [0.717, 1.165) is 23.3 Å². The lowest BCUT2D eigenvalue weighted by molar-refractivity contribution is -0.137. The molecule has 3 atom stereocenters. The van der Waals surface area contributed by atoms with Gasteiger partial charge in [0.05, 0.1) is 17.6 Å². The number of anilines is 2. The molecule has 456 valence electrons. The Balaban J connectivity index is 1.01. The molecule has 0 aliphatic carbocycles. The number of ether oxygens (including phenoxy) is 1. The zero-order valence-electron chi connectivity index (χ0n) is 49.4. The number of urea groups is 1. The summed E-state index contributed by atoms with van der Waals surface area (Å²) >= 11 is 0. The van der Waals surface area contributed by atoms with E-state index in [1.165, 1.54) is 24.5 Å². The van der Waals surface area contributed by atoms with Gasteiger partial charge in [-0.2, -0.15) is 0 Å². The fraction of sp³-hybridized carbons (Fsp3) is 0.406. The lowest BCUT2D eigenvalue weighted by Gasteiger charge is -2.23. The molecule has 22 nitrogen and oxygen atoms in total. The van der Waals surface area contributed by atoms with Gasteiger partial charge in [0.2, 0.25) is 17.7 Å². The highest BCUT2D eigenvalue weighted by Crippen LogP contribution is 2.30. The van der Waals surface area contributed by atoms with Gasteiger partial charge in [-0.3, -0.25) is 48.2 Å². The van der Waals surface area contributed by atoms with Crippen LogP contribution in [-0.2, 0) is 57.9 Å². The van der Waals surface area contributed by atoms with Crippen molar-refractivity contribution in [3.8, 4) is 0 Å². The lowest BCUT2D eigenvalue weighted by atomic mass is 9.81. The number of nitrogens with zero attached hydrogens (tertiary/aromatic N) is 4. The zero-order chi connectivity index (χ0) is 62.1. The Morgan fingerprint density at radius 2 is 1.48 bits per heavy atom. The Bertz CT molecular complexity index is 3150. The Morgan fingerprint density at radius 3 is 2.16 bits per heavy atom. The topological polar surface area (TPSA) is 324 Å². The third-order valence-electron chi connectivity index (χ3n) is 14.6. The molecule has 6 rings (SSSR count). The number of unbranched alkanes of at least 4 members (excludes halogenated alkanes) is 2. The summed E-state index contributed by atoms with van der Waals surface area (Å²) in [5.41, 5.74) is 16.1. The van der Waals surface area contributed by atoms with Crippen LogP contribution in [0.25, 0.3) is 6.08 Å². The van der Waals surface area contributed by atoms with Crippen molar-refractivity contribution in [1.82, 2.24) is 30.7 Å². The van der Waals surface area contributed by atoms with Crippen molar-refractivity contribution < 1.29 is 52.7 Å². The van der Waals surface area contributed by atoms with Crippen LogP contribution in [0.15, 0.2) is 114 Å². The molecule has 3 heterocycles. The minimum atomic E-state index is -1.07. The summed E-state index contributed by atoms with van der Waals surface area (Å²) in [6, 6.07) is 20.5. The number of imide groups is 1. The number of fused-ring (bicyclic) bond motifs is 1. The molecule has 9 N–H and O–H groups in total. The van der Waals surface area contributed by atoms with Crippen molar-refractivity contribution in [2.75, 3.05) is 36.8 Å². The second kappa shape index (κ2) is 33.2. The second-order valence-corrected chi connectivity index (χ2v) is 21.8. The number of amides is 9. The summed E-state index contributed by atoms with van der Waals surface area (Å²) in [5, 5.41) is 13.8. The summed E-state index contributed by atoms with van der Waals surface area (Å²) < 4.78 is 5.56. The van der Waals surface area contributed by atoms with Crippen LogP contribution < -0.4 is 38.1 Å². The van der Waals surface area contributed by atoms with Gasteiger partial charge in [0.15, 0.2) is 0 Å². The van der Waals surface area contributed by atoms with Gasteiger partial charge in [-0.15, -0.1) is 0 Å². The number of rotatable bonds is 33. The number of carbonyl (C=O) groups excluding carboxylic acids is 10. The SMILES string of the molecule is CCCN(CCC)C(=O)C1=Cc2ccc(C(=O)Nc3cncc(CNC(=O)[C@H](Cc4ccccc4)NC(=O)OCc4ccc(NC(=O)[C@H](CCCNC(N)=O)CC(=O)[C@@H](CC(=O)CCCCCN5C(=O)C=CC5=O)C(C)C)cc4)c3)cc2N=C(N)C1. The number of hydrogen-bond donors (Lipinski definition) is 7. The van der Waals surface area contributed by atoms with Crippen molar-refractivity contribution in [3.05, 3.63) is 137 Å². The van der Waals surface area contributed by atoms with Crippen LogP contribution in [0.3, 0.4) is 0 Å². The summed E-state index contributed by atoms with van der Waals surface area (Å²) in [4.78, 5) is 142. The highest BCUT2D eigenvalue weighted by atomic mass is 16.5. The number of primary amides is 1. The third-order valence-corrected chi connectivity index (χ3v) is 14.6. The van der Waals surface area contributed by atoms with Gasteiger partial charge in [0.25, 0.3) is 17.7 Å². The third kappa shape index (κ3) is 20.8. The molecule has 0 radical (unpaired) electrons. The van der Waals surface area contributed by atoms with Crippen molar-refractivity contribution in [2.45, 2.75) is 124 Å². The number of Topliss-reactive ketones (excluding diaryl/α,β-unsaturated/α-hetero) is 2. The number of benzene rings is 3. The van der Waals surface area contributed by atoms with Crippen molar-refractivity contribution in [1.29, 1.82) is 0 Å². The number of nitrogens with two attached hydrogens (primary N) is 2. The fourth-order valence-corrected chi connectivity index (χ4v) is 9.98. The zero-order valence-corrected chi connectivity index (χ0v) is 49.4. The average Bonchev–Trinajstić information content (AvgIpc) is 3.16. The molecular weight excluding hydrogens is 1100 g/mol. The lowest BCUT2D eigenvalue weighted by Crippen LogP contribution is -2.48. The van der Waals surface area contributed by atoms with Crippen LogP contribution in [-0.4, -0.2) is 112 Å². The minimum Gasteiger partial charge on any atom is -0.445 e. The molecule has 22 heteroatoms. The van der Waals surface area contributed by atoms with Crippen LogP contribution >= 0.6 is 0 Å². The molecule has 86 heavy (non-hydrogen) atoms. The quantitative estimate of drug-likeness (QED) is 0.0179. The van der Waals surface area contributed by atoms with Crippen molar-refractivity contribution in [3.63, 3.8) is 0 Å². The maximum absolute atomic E-state index is 13.8. The smallest absolute Gasteiger partial charge is 0.408 e. The molecule has 9 amide bonds. The molecule has 2 aliphatic heterocycles. The predicted molar refractivity (Wildman–Crippen MR) is 326 cm³/mol. The van der Waals surface area contributed by atoms with Gasteiger partial charge in [-0.05, 0) is 97.5 Å². The summed E-state index contributed by atoms with van der Waals surface area (Å²) in [5.74, 6) is -3.91. The highest BCUT2D eigenvalue weighted by molar-refractivity contribution is 6.13. The molecule has 0 bridgehead atoms. The number of nitrogens with one attached hydrogen (secondary N) is 5. The van der Waals surface area contributed by atoms with E-state index in [2.05, 4.69) is 36.6 Å². The van der Waals surface area contributed by atoms with Crippen molar-refractivity contribution >= 4 is 88.1 Å². The van der Waals surface area contributed by atoms with Crippen LogP contribution in [0, 0.1) is 17.8 Å². The maximum atomic E-state index is 13.8. The Labute approximate surface area is 501 Å². The van der Waals surface area contributed by atoms with E-state index in [0.29, 0.717) is 83.7 Å². The molecule has 2 aliphatic rings. The van der Waals surface area contributed by atoms with Gasteiger partial charge in [0.1, 0.15) is 30.1 Å². The first-order valence-corrected chi connectivity index (χ1v) is 29.3. The van der Waals surface area contributed by atoms with E-state index < -0.39 is 47.7 Å². The molecule has 3 aromatic carbocycles. The van der Waals surface area contributed by atoms with Gasteiger partial charge < -0.3 is 47.7 Å². The van der Waals surface area contributed by atoms with Crippen LogP contribution in [0.2, 0.25) is 0 Å². The molecule has 0 saturated heterocycles. The molecule has 4 aromatic rings. The number of carbonyl (C=O) groups is 10. The van der Waals surface area contributed by atoms with Crippen LogP contribution in [0.4, 0.5) is 26.7 Å². The van der Waals surface area contributed by atoms with Gasteiger partial charge in [-0.1, -0.05) is 82.6 Å². The predicted octanol–water partition coefficient (Wildman–Crippen LogP) is 7.59. The summed E-state index contributed by atoms with van der Waals surface area (Å²) in [6.07, 6.45) is 10.7. The van der Waals surface area contributed by atoms with E-state index in [-0.39, 0.29) is 106 Å². The van der Waals surface area contributed by atoms with E-state index in [4.69, 9.17) is 16.2 Å². The standard InChI is InChI=1S/C64H79N11O11/c1-5-27-74(28-6-2)62(83)48-32-45-20-21-47(33-53(45)72-56(65)35-48)60(81)71-50-30-44(37-67-39-50)38-69-61(82)54(31-42-14-9-7-10-15-42)73-64(85)86-40-43-18-22-49(23-19-43)70-59(80)46(16-13-26-68-63(66)84)34-55(77)52(41(3)4)36-51(76)17-11-8-12-29-75-57(78)24-25-58(75)79/h7,9-10,14-15,18-25,30,32-33,37,39,41,46,52,54H,5-6,8,11-13,16-17,26-29,31,34-36,38,40H2,1-4H3,(H2,65,72)(H,69,82)(H,70,80)(H,71,81)(H,73,85)(H3,66,68,84)/t46-,52+,54+/m1/s1. The highest BCUT2D eigenvalue weighted by Gasteiger charge is 2.31. The number of aromatic nitrogens is 1. The van der Waals surface area contributed by atoms with Gasteiger partial charge in [-0.25, -0.2) is 14.6 Å². The molecule has 0 saturated carbocycles. The average molecular weight is 1180 g/mol. The maximum Gasteiger partial charge on any atom is 0.408 e. The van der Waals surface area contributed by atoms with E-state index in [1.807, 2.05) is 62.9 Å². The minimum absolute atomic E-state index is 0.00495. The first-order chi connectivity index (χ1) is 41.3. The first kappa shape index (κ1) is 65.8. The molecular formula is C64H79N11O11. The summed E-state index contributed by atoms with van der Waals surface area (Å²) in [7, 11) is 0. The number of amidine groups is 1. The van der Waals surface area contributed by atoms with Gasteiger partial charge in [0, 0.05) is 117 Å². The molecule has 0 unspecified atom stereocenters. The Morgan fingerprint density at radius 1 is 0.756 bits per heavy atom. The second-order valence-electron chi connectivity index (χ2n) is 21.8. The number of alkyl carbamates (subject to hydrolysis) is 1. The monoisotopic (exact) mass is 1180 g/mol. The summed E-state index contributed by atoms with van der Waals surface area (Å²) in [6.45, 7) is 9.25. The van der Waals surface area contributed by atoms with Gasteiger partial charge >= 0.3 is 12.1 Å². The molecule has 1 aromatic heterocycles. The largest absolute Gasteiger partial charge is 0.445 e. The number of pyridine rings is 1. The van der Waals surface area contributed by atoms with Crippen LogP contribution in [0.5, 0.6) is 0 Å². The number of hydrogen-bond acceptors (Lipinski definition) is 14. The molecule has 0 spiro atoms. The van der Waals surface area contributed by atoms with E-state index in [9.17, 15) is 47.9 Å². The number of aliphatic imine (C=N–C) groups is 1. The fourth-order valence-electron chi connectivity index (χ4n) is 9.98. The normalized spacial score (nSPS) is 13.7. The molecule has 0 fully saturated rings. The van der Waals surface area contributed by atoms with Crippen LogP contribution in [0.1, 0.15) is 131 Å². The number of ketones is 2. The van der Waals surface area contributed by atoms with Crippen molar-refractivity contribution in [2.24, 2.45) is 34.2 Å². The Hall–Kier alpha value is -9.34. The van der Waals surface area contributed by atoms with E-state index in [1.54, 1.807) is 54.6 Å².